The number of nitrogens with one attached hydrogen (secondary N) is 1. The number of azide groups is 1. The van der Waals surface area contributed by atoms with Crippen molar-refractivity contribution in [2.45, 2.75) is 6.18 Å². The number of carbonyl (C=O) groups excluding carboxylic acids is 1. The van der Waals surface area contributed by atoms with Crippen molar-refractivity contribution < 1.29 is 18.0 Å². The maximum atomic E-state index is 12.5. The Morgan fingerprint density at radius 1 is 1.41 bits per heavy atom. The normalized spacial score (nSPS) is 10.5. The maximum Gasteiger partial charge on any atom is 0.418 e. The number of amides is 1. The van der Waals surface area contributed by atoms with Crippen molar-refractivity contribution in [3.63, 3.8) is 0 Å². The number of para-hydroxylation sites is 1. The molecule has 0 heterocycles. The summed E-state index contributed by atoms with van der Waals surface area (Å²) in [7, 11) is 0. The van der Waals surface area contributed by atoms with Crippen LogP contribution in [0.25, 0.3) is 10.4 Å². The third kappa shape index (κ3) is 3.69. The van der Waals surface area contributed by atoms with E-state index in [1.165, 1.54) is 12.1 Å². The summed E-state index contributed by atoms with van der Waals surface area (Å²) in [5.41, 5.74) is 6.65. The molecule has 17 heavy (non-hydrogen) atoms. The Hall–Kier alpha value is -2.21. The van der Waals surface area contributed by atoms with Crippen LogP contribution in [0, 0.1) is 0 Å². The van der Waals surface area contributed by atoms with Gasteiger partial charge in [-0.25, -0.2) is 0 Å². The van der Waals surface area contributed by atoms with Crippen LogP contribution in [0.3, 0.4) is 0 Å². The van der Waals surface area contributed by atoms with Crippen molar-refractivity contribution in [2.75, 3.05) is 11.9 Å². The number of benzene rings is 1. The van der Waals surface area contributed by atoms with Gasteiger partial charge in [-0.2, -0.15) is 13.2 Å². The molecule has 1 aromatic carbocycles. The quantitative estimate of drug-likeness (QED) is 0.495. The first-order valence-electron chi connectivity index (χ1n) is 4.42. The van der Waals surface area contributed by atoms with Crippen LogP contribution in [-0.4, -0.2) is 12.5 Å². The largest absolute Gasteiger partial charge is 0.418 e. The van der Waals surface area contributed by atoms with E-state index in [1.54, 1.807) is 0 Å². The number of anilines is 1. The average Bonchev–Trinajstić information content (AvgIpc) is 2.25. The molecule has 0 aliphatic carbocycles. The molecule has 0 fully saturated rings. The molecule has 0 unspecified atom stereocenters. The zero-order valence-electron chi connectivity index (χ0n) is 8.40. The van der Waals surface area contributed by atoms with Gasteiger partial charge in [0.05, 0.1) is 11.3 Å². The third-order valence-electron chi connectivity index (χ3n) is 1.78. The molecule has 0 radical (unpaired) electrons. The smallest absolute Gasteiger partial charge is 0.325 e. The van der Waals surface area contributed by atoms with Gasteiger partial charge in [-0.3, -0.25) is 4.79 Å². The molecule has 0 saturated carbocycles. The van der Waals surface area contributed by atoms with E-state index in [1.807, 2.05) is 5.32 Å². The Labute approximate surface area is 93.9 Å². The minimum atomic E-state index is -4.55. The van der Waals surface area contributed by atoms with Gasteiger partial charge < -0.3 is 5.32 Å². The van der Waals surface area contributed by atoms with Gasteiger partial charge in [0.1, 0.15) is 6.54 Å². The molecule has 5 nitrogen and oxygen atoms in total. The summed E-state index contributed by atoms with van der Waals surface area (Å²) in [5.74, 6) is -0.806. The lowest BCUT2D eigenvalue weighted by Gasteiger charge is -2.12. The SMILES string of the molecule is [N-]=[N+]=NCC(=O)Nc1ccccc1C(F)(F)F. The van der Waals surface area contributed by atoms with E-state index in [0.717, 1.165) is 12.1 Å². The number of rotatable bonds is 3. The maximum absolute atomic E-state index is 12.5. The first-order valence-corrected chi connectivity index (χ1v) is 4.42. The van der Waals surface area contributed by atoms with E-state index in [-0.39, 0.29) is 5.69 Å². The summed E-state index contributed by atoms with van der Waals surface area (Å²) in [4.78, 5) is 13.4. The summed E-state index contributed by atoms with van der Waals surface area (Å²) >= 11 is 0. The highest BCUT2D eigenvalue weighted by Gasteiger charge is 2.33. The molecule has 1 rings (SSSR count). The van der Waals surface area contributed by atoms with E-state index in [9.17, 15) is 18.0 Å². The third-order valence-corrected chi connectivity index (χ3v) is 1.78. The number of hydrogen-bond donors (Lipinski definition) is 1. The highest BCUT2D eigenvalue weighted by atomic mass is 19.4. The zero-order valence-corrected chi connectivity index (χ0v) is 8.40. The zero-order chi connectivity index (χ0) is 12.9. The fourth-order valence-corrected chi connectivity index (χ4v) is 1.12. The lowest BCUT2D eigenvalue weighted by Crippen LogP contribution is -2.18. The van der Waals surface area contributed by atoms with Crippen LogP contribution in [0.4, 0.5) is 18.9 Å². The topological polar surface area (TPSA) is 77.9 Å². The molecule has 1 amide bonds. The Morgan fingerprint density at radius 2 is 2.06 bits per heavy atom. The van der Waals surface area contributed by atoms with Crippen molar-refractivity contribution in [2.24, 2.45) is 5.11 Å². The predicted molar refractivity (Wildman–Crippen MR) is 54.1 cm³/mol. The van der Waals surface area contributed by atoms with Crippen molar-refractivity contribution >= 4 is 11.6 Å². The number of carbonyl (C=O) groups is 1. The van der Waals surface area contributed by atoms with Crippen molar-refractivity contribution in [3.8, 4) is 0 Å². The van der Waals surface area contributed by atoms with Crippen molar-refractivity contribution in [3.05, 3.63) is 40.3 Å². The summed E-state index contributed by atoms with van der Waals surface area (Å²) in [6.45, 7) is -0.553. The predicted octanol–water partition coefficient (Wildman–Crippen LogP) is 2.95. The highest BCUT2D eigenvalue weighted by molar-refractivity contribution is 5.93. The average molecular weight is 244 g/mol. The van der Waals surface area contributed by atoms with E-state index < -0.39 is 24.2 Å². The summed E-state index contributed by atoms with van der Waals surface area (Å²) in [6, 6.07) is 4.55. The first-order chi connectivity index (χ1) is 7.95. The van der Waals surface area contributed by atoms with Crippen molar-refractivity contribution in [1.82, 2.24) is 0 Å². The van der Waals surface area contributed by atoms with Crippen LogP contribution in [0.15, 0.2) is 29.4 Å². The molecule has 0 aliphatic rings. The summed E-state index contributed by atoms with van der Waals surface area (Å²) in [5, 5.41) is 4.98. The molecule has 0 saturated heterocycles. The van der Waals surface area contributed by atoms with E-state index >= 15 is 0 Å². The first kappa shape index (κ1) is 12.9. The van der Waals surface area contributed by atoms with E-state index in [2.05, 4.69) is 10.0 Å². The number of halogens is 3. The minimum absolute atomic E-state index is 0.363. The monoisotopic (exact) mass is 244 g/mol. The molecule has 0 aliphatic heterocycles. The second kappa shape index (κ2) is 5.22. The lowest BCUT2D eigenvalue weighted by atomic mass is 10.1. The standard InChI is InChI=1S/C9H7F3N4O/c10-9(11,12)6-3-1-2-4-7(6)15-8(17)5-14-16-13/h1-4H,5H2,(H,15,17). The van der Waals surface area contributed by atoms with E-state index in [4.69, 9.17) is 5.53 Å². The molecule has 1 N–H and O–H groups in total. The van der Waals surface area contributed by atoms with Gasteiger partial charge in [-0.15, -0.1) is 0 Å². The Kier molecular flexibility index (Phi) is 3.95. The van der Waals surface area contributed by atoms with Crippen LogP contribution in [0.2, 0.25) is 0 Å². The molecule has 90 valence electrons. The van der Waals surface area contributed by atoms with Gasteiger partial charge in [0.25, 0.3) is 0 Å². The lowest BCUT2D eigenvalue weighted by molar-refractivity contribution is -0.137. The Balaban J connectivity index is 2.91. The van der Waals surface area contributed by atoms with Crippen LogP contribution in [0.5, 0.6) is 0 Å². The van der Waals surface area contributed by atoms with Gasteiger partial charge in [-0.1, -0.05) is 17.2 Å². The second-order valence-corrected chi connectivity index (χ2v) is 2.98. The van der Waals surface area contributed by atoms with Crippen LogP contribution < -0.4 is 5.32 Å². The molecule has 0 spiro atoms. The van der Waals surface area contributed by atoms with Crippen LogP contribution in [-0.2, 0) is 11.0 Å². The fraction of sp³-hybridized carbons (Fsp3) is 0.222. The molecule has 8 heteroatoms. The van der Waals surface area contributed by atoms with Crippen molar-refractivity contribution in [1.29, 1.82) is 0 Å². The van der Waals surface area contributed by atoms with Gasteiger partial charge in [-0.05, 0) is 17.7 Å². The number of alkyl halides is 3. The molecular formula is C9H7F3N4O. The second-order valence-electron chi connectivity index (χ2n) is 2.98. The van der Waals surface area contributed by atoms with Crippen LogP contribution >= 0.6 is 0 Å². The number of hydrogen-bond acceptors (Lipinski definition) is 2. The Bertz CT molecular complexity index is 466. The molecule has 0 bridgehead atoms. The minimum Gasteiger partial charge on any atom is -0.325 e. The van der Waals surface area contributed by atoms with Gasteiger partial charge in [0.15, 0.2) is 0 Å². The fourth-order valence-electron chi connectivity index (χ4n) is 1.12. The summed E-state index contributed by atoms with van der Waals surface area (Å²) < 4.78 is 37.6. The molecule has 1 aromatic rings. The Morgan fingerprint density at radius 3 is 2.65 bits per heavy atom. The summed E-state index contributed by atoms with van der Waals surface area (Å²) in [6.07, 6.45) is -4.55. The number of nitrogens with zero attached hydrogens (tertiary/aromatic N) is 3. The molecule has 0 atom stereocenters. The van der Waals surface area contributed by atoms with E-state index in [0.29, 0.717) is 0 Å². The van der Waals surface area contributed by atoms with Gasteiger partial charge in [0.2, 0.25) is 5.91 Å². The van der Waals surface area contributed by atoms with Gasteiger partial charge in [0, 0.05) is 4.91 Å². The van der Waals surface area contributed by atoms with Crippen LogP contribution in [0.1, 0.15) is 5.56 Å². The highest BCUT2D eigenvalue weighted by Crippen LogP contribution is 2.34. The molecule has 0 aromatic heterocycles. The van der Waals surface area contributed by atoms with Gasteiger partial charge >= 0.3 is 6.18 Å². The molecular weight excluding hydrogens is 237 g/mol.